The van der Waals surface area contributed by atoms with Crippen molar-refractivity contribution in [3.63, 3.8) is 0 Å². The fraction of sp³-hybridized carbons (Fsp3) is 1.00. The normalized spacial score (nSPS) is 10.0. The lowest BCUT2D eigenvalue weighted by atomic mass is 10.5. The van der Waals surface area contributed by atoms with Crippen LogP contribution < -0.4 is 16.4 Å². The predicted octanol–water partition coefficient (Wildman–Crippen LogP) is -0.508. The Morgan fingerprint density at radius 3 is 2.33 bits per heavy atom. The summed E-state index contributed by atoms with van der Waals surface area (Å²) >= 11 is 0. The van der Waals surface area contributed by atoms with E-state index in [2.05, 4.69) is 17.6 Å². The summed E-state index contributed by atoms with van der Waals surface area (Å²) < 4.78 is 0. The van der Waals surface area contributed by atoms with E-state index in [1.165, 1.54) is 6.42 Å². The summed E-state index contributed by atoms with van der Waals surface area (Å²) in [5.74, 6) is 0. The topological polar surface area (TPSA) is 50.1 Å². The van der Waals surface area contributed by atoms with Gasteiger partial charge in [-0.1, -0.05) is 6.92 Å². The van der Waals surface area contributed by atoms with Crippen LogP contribution in [0.3, 0.4) is 0 Å². The first-order valence-corrected chi connectivity index (χ1v) is 3.53. The van der Waals surface area contributed by atoms with Crippen LogP contribution in [0.15, 0.2) is 0 Å². The van der Waals surface area contributed by atoms with Crippen molar-refractivity contribution in [1.82, 2.24) is 10.6 Å². The molecule has 0 unspecified atom stereocenters. The lowest BCUT2D eigenvalue weighted by molar-refractivity contribution is 0.614. The van der Waals surface area contributed by atoms with E-state index in [1.54, 1.807) is 0 Å². The lowest BCUT2D eigenvalue weighted by Gasteiger charge is -2.01. The van der Waals surface area contributed by atoms with Crippen molar-refractivity contribution in [3.8, 4) is 0 Å². The van der Waals surface area contributed by atoms with Crippen LogP contribution in [0.1, 0.15) is 13.3 Å². The van der Waals surface area contributed by atoms with Gasteiger partial charge in [-0.25, -0.2) is 0 Å². The summed E-state index contributed by atoms with van der Waals surface area (Å²) in [5.41, 5.74) is 5.20. The first-order valence-electron chi connectivity index (χ1n) is 3.53. The quantitative estimate of drug-likeness (QED) is 0.336. The molecule has 0 bridgehead atoms. The number of hydrogen-bond donors (Lipinski definition) is 3. The molecule has 0 fully saturated rings. The second-order valence-electron chi connectivity index (χ2n) is 1.95. The lowest BCUT2D eigenvalue weighted by Crippen LogP contribution is -2.31. The summed E-state index contributed by atoms with van der Waals surface area (Å²) in [5, 5.41) is 6.27. The van der Waals surface area contributed by atoms with Crippen molar-refractivity contribution in [2.45, 2.75) is 13.3 Å². The molecule has 0 aliphatic carbocycles. The molecule has 0 aromatic rings. The van der Waals surface area contributed by atoms with Crippen LogP contribution in [-0.4, -0.2) is 26.3 Å². The maximum atomic E-state index is 5.20. The summed E-state index contributed by atoms with van der Waals surface area (Å²) in [4.78, 5) is 0. The third-order valence-corrected chi connectivity index (χ3v) is 1.05. The molecule has 0 radical (unpaired) electrons. The molecule has 0 saturated heterocycles. The molecule has 0 rings (SSSR count). The van der Waals surface area contributed by atoms with Crippen molar-refractivity contribution in [2.75, 3.05) is 26.3 Å². The van der Waals surface area contributed by atoms with Gasteiger partial charge in [-0.15, -0.1) is 0 Å². The van der Waals surface area contributed by atoms with Gasteiger partial charge < -0.3 is 16.4 Å². The Balaban J connectivity index is 2.60. The van der Waals surface area contributed by atoms with Gasteiger partial charge in [0.2, 0.25) is 0 Å². The molecule has 0 aromatic heterocycles. The Morgan fingerprint density at radius 2 is 1.78 bits per heavy atom. The third kappa shape index (κ3) is 7.88. The second kappa shape index (κ2) is 7.88. The van der Waals surface area contributed by atoms with E-state index in [0.717, 1.165) is 19.6 Å². The Bertz CT molecular complexity index is 41.6. The third-order valence-electron chi connectivity index (χ3n) is 1.05. The van der Waals surface area contributed by atoms with Crippen molar-refractivity contribution in [2.24, 2.45) is 5.73 Å². The first-order chi connectivity index (χ1) is 4.41. The summed E-state index contributed by atoms with van der Waals surface area (Å²) in [6.07, 6.45) is 1.20. The molecule has 0 aliphatic rings. The van der Waals surface area contributed by atoms with Gasteiger partial charge in [-0.3, -0.25) is 0 Å². The Morgan fingerprint density at radius 1 is 1.11 bits per heavy atom. The maximum Gasteiger partial charge on any atom is 0.0429 e. The molecular formula is C6H17N3. The molecule has 0 saturated carbocycles. The number of hydrogen-bond acceptors (Lipinski definition) is 3. The second-order valence-corrected chi connectivity index (χ2v) is 1.95. The minimum atomic E-state index is 0.577. The standard InChI is InChI=1S/C6H17N3/c1-2-3-8-4-5-9-6-7/h8-9H,2-7H2,1H3. The largest absolute Gasteiger partial charge is 0.318 e. The first kappa shape index (κ1) is 8.88. The van der Waals surface area contributed by atoms with Gasteiger partial charge >= 0.3 is 0 Å². The maximum absolute atomic E-state index is 5.20. The van der Waals surface area contributed by atoms with Crippen LogP contribution in [0.5, 0.6) is 0 Å². The van der Waals surface area contributed by atoms with Gasteiger partial charge in [0, 0.05) is 19.8 Å². The molecule has 3 heteroatoms. The van der Waals surface area contributed by atoms with Gasteiger partial charge in [-0.05, 0) is 13.0 Å². The average Bonchev–Trinajstić information content (AvgIpc) is 1.89. The molecule has 9 heavy (non-hydrogen) atoms. The Hall–Kier alpha value is -0.120. The van der Waals surface area contributed by atoms with Crippen LogP contribution in [0, 0.1) is 0 Å². The minimum absolute atomic E-state index is 0.577. The molecule has 0 amide bonds. The molecule has 0 aliphatic heterocycles. The van der Waals surface area contributed by atoms with Crippen LogP contribution in [-0.2, 0) is 0 Å². The summed E-state index contributed by atoms with van der Waals surface area (Å²) in [6.45, 7) is 5.82. The van der Waals surface area contributed by atoms with Crippen molar-refractivity contribution < 1.29 is 0 Å². The van der Waals surface area contributed by atoms with Gasteiger partial charge in [0.25, 0.3) is 0 Å². The molecule has 0 heterocycles. The van der Waals surface area contributed by atoms with E-state index < -0.39 is 0 Å². The van der Waals surface area contributed by atoms with Gasteiger partial charge in [0.1, 0.15) is 0 Å². The van der Waals surface area contributed by atoms with E-state index in [-0.39, 0.29) is 0 Å². The Labute approximate surface area is 57.0 Å². The molecular weight excluding hydrogens is 114 g/mol. The van der Waals surface area contributed by atoms with Crippen molar-refractivity contribution in [3.05, 3.63) is 0 Å². The monoisotopic (exact) mass is 131 g/mol. The molecule has 56 valence electrons. The van der Waals surface area contributed by atoms with Gasteiger partial charge in [0.05, 0.1) is 0 Å². The zero-order valence-corrected chi connectivity index (χ0v) is 6.11. The number of nitrogens with one attached hydrogen (secondary N) is 2. The highest BCUT2D eigenvalue weighted by Gasteiger charge is 1.81. The van der Waals surface area contributed by atoms with E-state index >= 15 is 0 Å². The zero-order valence-electron chi connectivity index (χ0n) is 6.11. The Kier molecular flexibility index (Phi) is 7.77. The van der Waals surface area contributed by atoms with E-state index in [4.69, 9.17) is 5.73 Å². The fourth-order valence-corrected chi connectivity index (χ4v) is 0.581. The summed E-state index contributed by atoms with van der Waals surface area (Å²) in [7, 11) is 0. The van der Waals surface area contributed by atoms with Crippen molar-refractivity contribution >= 4 is 0 Å². The fourth-order valence-electron chi connectivity index (χ4n) is 0.581. The van der Waals surface area contributed by atoms with E-state index in [0.29, 0.717) is 6.67 Å². The highest BCUT2D eigenvalue weighted by Crippen LogP contribution is 1.66. The highest BCUT2D eigenvalue weighted by atomic mass is 15.0. The zero-order chi connectivity index (χ0) is 6.95. The SMILES string of the molecule is CCCNCCNCN. The predicted molar refractivity (Wildman–Crippen MR) is 40.2 cm³/mol. The smallest absolute Gasteiger partial charge is 0.0429 e. The highest BCUT2D eigenvalue weighted by molar-refractivity contribution is 4.47. The van der Waals surface area contributed by atoms with E-state index in [1.807, 2.05) is 0 Å². The number of rotatable bonds is 6. The van der Waals surface area contributed by atoms with Crippen LogP contribution in [0.2, 0.25) is 0 Å². The molecule has 3 nitrogen and oxygen atoms in total. The molecule has 0 aromatic carbocycles. The van der Waals surface area contributed by atoms with Crippen LogP contribution >= 0.6 is 0 Å². The molecule has 4 N–H and O–H groups in total. The van der Waals surface area contributed by atoms with Gasteiger partial charge in [0.15, 0.2) is 0 Å². The van der Waals surface area contributed by atoms with Crippen molar-refractivity contribution in [1.29, 1.82) is 0 Å². The molecule has 0 atom stereocenters. The average molecular weight is 131 g/mol. The summed E-state index contributed by atoms with van der Waals surface area (Å²) in [6, 6.07) is 0. The minimum Gasteiger partial charge on any atom is -0.318 e. The number of nitrogens with two attached hydrogens (primary N) is 1. The van der Waals surface area contributed by atoms with E-state index in [9.17, 15) is 0 Å². The van der Waals surface area contributed by atoms with Crippen LogP contribution in [0.25, 0.3) is 0 Å². The van der Waals surface area contributed by atoms with Crippen LogP contribution in [0.4, 0.5) is 0 Å². The van der Waals surface area contributed by atoms with Gasteiger partial charge in [-0.2, -0.15) is 0 Å². The molecule has 0 spiro atoms.